The lowest BCUT2D eigenvalue weighted by Crippen LogP contribution is -2.43. The van der Waals surface area contributed by atoms with Crippen molar-refractivity contribution in [1.29, 1.82) is 0 Å². The summed E-state index contributed by atoms with van der Waals surface area (Å²) in [4.78, 5) is 11.2. The molecule has 24 heavy (non-hydrogen) atoms. The van der Waals surface area contributed by atoms with Gasteiger partial charge in [-0.2, -0.15) is 5.10 Å². The minimum absolute atomic E-state index is 0.557. The Kier molecular flexibility index (Phi) is 4.83. The van der Waals surface area contributed by atoms with Gasteiger partial charge in [-0.15, -0.1) is 0 Å². The molecule has 0 amide bonds. The number of piperidine rings is 1. The number of likely N-dealkylation sites (tertiary alicyclic amines) is 1. The van der Waals surface area contributed by atoms with Gasteiger partial charge in [0, 0.05) is 25.0 Å². The van der Waals surface area contributed by atoms with Gasteiger partial charge in [-0.1, -0.05) is 13.0 Å². The van der Waals surface area contributed by atoms with Crippen LogP contribution in [0.5, 0.6) is 0 Å². The van der Waals surface area contributed by atoms with Crippen molar-refractivity contribution in [2.45, 2.75) is 40.2 Å². The maximum Gasteiger partial charge on any atom is 0.191 e. The van der Waals surface area contributed by atoms with Crippen molar-refractivity contribution in [3.8, 4) is 5.82 Å². The second-order valence-electron chi connectivity index (χ2n) is 6.73. The molecule has 0 saturated carbocycles. The minimum Gasteiger partial charge on any atom is -0.370 e. The molecule has 1 unspecified atom stereocenters. The first kappa shape index (κ1) is 16.5. The Morgan fingerprint density at radius 1 is 1.38 bits per heavy atom. The maximum atomic E-state index is 6.14. The van der Waals surface area contributed by atoms with Crippen molar-refractivity contribution in [1.82, 2.24) is 19.7 Å². The van der Waals surface area contributed by atoms with Gasteiger partial charge in [-0.05, 0) is 50.3 Å². The molecule has 0 spiro atoms. The molecule has 1 aliphatic rings. The lowest BCUT2D eigenvalue weighted by molar-refractivity contribution is 0.270. The Morgan fingerprint density at radius 2 is 2.21 bits per heavy atom. The van der Waals surface area contributed by atoms with Gasteiger partial charge in [0.2, 0.25) is 0 Å². The van der Waals surface area contributed by atoms with Crippen LogP contribution in [0.2, 0.25) is 0 Å². The highest BCUT2D eigenvalue weighted by Crippen LogP contribution is 2.15. The first-order valence-electron chi connectivity index (χ1n) is 8.56. The van der Waals surface area contributed by atoms with Crippen LogP contribution in [-0.4, -0.2) is 38.7 Å². The summed E-state index contributed by atoms with van der Waals surface area (Å²) in [6.45, 7) is 8.85. The molecule has 2 N–H and O–H groups in total. The van der Waals surface area contributed by atoms with Crippen LogP contribution in [0, 0.1) is 19.8 Å². The van der Waals surface area contributed by atoms with E-state index in [1.807, 2.05) is 42.9 Å². The summed E-state index contributed by atoms with van der Waals surface area (Å²) < 4.78 is 1.85. The Bertz CT molecular complexity index is 716. The molecule has 0 bridgehead atoms. The smallest absolute Gasteiger partial charge is 0.191 e. The van der Waals surface area contributed by atoms with Crippen molar-refractivity contribution >= 4 is 5.96 Å². The summed E-state index contributed by atoms with van der Waals surface area (Å²) in [5.74, 6) is 2.16. The van der Waals surface area contributed by atoms with Crippen molar-refractivity contribution in [2.24, 2.45) is 16.6 Å². The second-order valence-corrected chi connectivity index (χ2v) is 6.73. The largest absolute Gasteiger partial charge is 0.370 e. The van der Waals surface area contributed by atoms with E-state index in [4.69, 9.17) is 5.73 Å². The molecule has 6 nitrogen and oxygen atoms in total. The van der Waals surface area contributed by atoms with E-state index < -0.39 is 0 Å². The van der Waals surface area contributed by atoms with Crippen LogP contribution in [0.15, 0.2) is 29.4 Å². The number of hydrogen-bond donors (Lipinski definition) is 1. The third kappa shape index (κ3) is 3.75. The third-order valence-corrected chi connectivity index (χ3v) is 4.44. The summed E-state index contributed by atoms with van der Waals surface area (Å²) in [6.07, 6.45) is 4.32. The zero-order valence-electron chi connectivity index (χ0n) is 14.7. The molecule has 1 saturated heterocycles. The second kappa shape index (κ2) is 7.03. The number of guanidine groups is 1. The molecule has 0 aliphatic carbocycles. The summed E-state index contributed by atoms with van der Waals surface area (Å²) >= 11 is 0. The van der Waals surface area contributed by atoms with Crippen molar-refractivity contribution in [3.05, 3.63) is 41.3 Å². The van der Waals surface area contributed by atoms with Crippen LogP contribution in [0.25, 0.3) is 5.82 Å². The van der Waals surface area contributed by atoms with E-state index >= 15 is 0 Å². The molecule has 6 heteroatoms. The first-order valence-corrected chi connectivity index (χ1v) is 8.56. The third-order valence-electron chi connectivity index (χ3n) is 4.44. The molecule has 0 radical (unpaired) electrons. The van der Waals surface area contributed by atoms with Gasteiger partial charge in [0.15, 0.2) is 11.8 Å². The molecular weight excluding hydrogens is 300 g/mol. The average molecular weight is 326 g/mol. The van der Waals surface area contributed by atoms with Crippen LogP contribution in [0.4, 0.5) is 0 Å². The summed E-state index contributed by atoms with van der Waals surface area (Å²) in [5, 5.41) is 4.45. The highest BCUT2D eigenvalue weighted by Gasteiger charge is 2.17. The average Bonchev–Trinajstić information content (AvgIpc) is 2.91. The zero-order chi connectivity index (χ0) is 17.1. The first-order chi connectivity index (χ1) is 11.5. The van der Waals surface area contributed by atoms with Gasteiger partial charge in [0.1, 0.15) is 0 Å². The SMILES string of the molecule is Cc1cc(C)n(-c2ccc(CN=C(N)N3CCCC(C)C3)cn2)n1. The van der Waals surface area contributed by atoms with Crippen LogP contribution >= 0.6 is 0 Å². The van der Waals surface area contributed by atoms with Crippen LogP contribution in [0.1, 0.15) is 36.7 Å². The molecule has 1 fully saturated rings. The summed E-state index contributed by atoms with van der Waals surface area (Å²) in [6, 6.07) is 6.05. The number of nitrogens with two attached hydrogens (primary N) is 1. The van der Waals surface area contributed by atoms with E-state index in [9.17, 15) is 0 Å². The highest BCUT2D eigenvalue weighted by atomic mass is 15.3. The van der Waals surface area contributed by atoms with Gasteiger partial charge in [0.05, 0.1) is 12.2 Å². The molecule has 3 rings (SSSR count). The van der Waals surface area contributed by atoms with E-state index in [1.165, 1.54) is 12.8 Å². The zero-order valence-corrected chi connectivity index (χ0v) is 14.7. The number of aryl methyl sites for hydroxylation is 2. The van der Waals surface area contributed by atoms with Crippen molar-refractivity contribution in [3.63, 3.8) is 0 Å². The Morgan fingerprint density at radius 3 is 2.83 bits per heavy atom. The maximum absolute atomic E-state index is 6.14. The number of aliphatic imine (C=N–C) groups is 1. The lowest BCUT2D eigenvalue weighted by atomic mass is 10.0. The van der Waals surface area contributed by atoms with E-state index in [1.54, 1.807) is 0 Å². The van der Waals surface area contributed by atoms with E-state index in [0.717, 1.165) is 35.9 Å². The van der Waals surface area contributed by atoms with Crippen LogP contribution < -0.4 is 5.73 Å². The predicted octanol–water partition coefficient (Wildman–Crippen LogP) is 2.43. The Labute approximate surface area is 143 Å². The molecule has 1 atom stereocenters. The van der Waals surface area contributed by atoms with Gasteiger partial charge in [-0.3, -0.25) is 0 Å². The van der Waals surface area contributed by atoms with Gasteiger partial charge in [0.25, 0.3) is 0 Å². The molecule has 1 aliphatic heterocycles. The van der Waals surface area contributed by atoms with Gasteiger partial charge >= 0.3 is 0 Å². The highest BCUT2D eigenvalue weighted by molar-refractivity contribution is 5.78. The fourth-order valence-corrected chi connectivity index (χ4v) is 3.17. The molecule has 128 valence electrons. The van der Waals surface area contributed by atoms with E-state index in [-0.39, 0.29) is 0 Å². The van der Waals surface area contributed by atoms with E-state index in [0.29, 0.717) is 18.4 Å². The van der Waals surface area contributed by atoms with Gasteiger partial charge in [-0.25, -0.2) is 14.7 Å². The molecule has 0 aromatic carbocycles. The molecular formula is C18H26N6. The number of nitrogens with zero attached hydrogens (tertiary/aromatic N) is 5. The number of pyridine rings is 1. The van der Waals surface area contributed by atoms with Crippen LogP contribution in [-0.2, 0) is 6.54 Å². The normalized spacial score (nSPS) is 18.9. The van der Waals surface area contributed by atoms with Gasteiger partial charge < -0.3 is 10.6 Å². The number of aromatic nitrogens is 3. The summed E-state index contributed by atoms with van der Waals surface area (Å²) in [7, 11) is 0. The number of rotatable bonds is 3. The standard InChI is InChI=1S/C18H26N6/c1-13-5-4-8-23(12-13)18(19)21-11-16-6-7-17(20-10-16)24-15(3)9-14(2)22-24/h6-7,9-10,13H,4-5,8,11-12H2,1-3H3,(H2,19,21). The topological polar surface area (TPSA) is 72.3 Å². The van der Waals surface area contributed by atoms with Crippen LogP contribution in [0.3, 0.4) is 0 Å². The Balaban J connectivity index is 1.66. The lowest BCUT2D eigenvalue weighted by Gasteiger charge is -2.31. The monoisotopic (exact) mass is 326 g/mol. The molecule has 2 aromatic heterocycles. The van der Waals surface area contributed by atoms with Crippen molar-refractivity contribution in [2.75, 3.05) is 13.1 Å². The molecule has 2 aromatic rings. The minimum atomic E-state index is 0.557. The van der Waals surface area contributed by atoms with E-state index in [2.05, 4.69) is 26.9 Å². The predicted molar refractivity (Wildman–Crippen MR) is 96.1 cm³/mol. The quantitative estimate of drug-likeness (QED) is 0.694. The fourth-order valence-electron chi connectivity index (χ4n) is 3.17. The Hall–Kier alpha value is -2.37. The fraction of sp³-hybridized carbons (Fsp3) is 0.500. The number of hydrogen-bond acceptors (Lipinski definition) is 3. The molecule has 3 heterocycles. The summed E-state index contributed by atoms with van der Waals surface area (Å²) in [5.41, 5.74) is 9.26. The van der Waals surface area contributed by atoms with Crippen molar-refractivity contribution < 1.29 is 0 Å².